The third-order valence-corrected chi connectivity index (χ3v) is 2.68. The number of hydrogen-bond acceptors (Lipinski definition) is 5. The fourth-order valence-corrected chi connectivity index (χ4v) is 1.50. The van der Waals surface area contributed by atoms with Crippen LogP contribution in [0.1, 0.15) is 35.1 Å². The monoisotopic (exact) mass is 261 g/mol. The zero-order valence-corrected chi connectivity index (χ0v) is 10.6. The molecule has 0 saturated heterocycles. The van der Waals surface area contributed by atoms with Gasteiger partial charge in [0.2, 0.25) is 0 Å². The average Bonchev–Trinajstić information content (AvgIpc) is 3.27. The van der Waals surface area contributed by atoms with Crippen molar-refractivity contribution in [2.45, 2.75) is 18.8 Å². The largest absolute Gasteiger partial charge is 0.466 e. The van der Waals surface area contributed by atoms with Gasteiger partial charge < -0.3 is 10.1 Å². The smallest absolute Gasteiger partial charge is 0.330 e. The Balaban J connectivity index is 1.87. The average molecular weight is 261 g/mol. The Hall–Kier alpha value is -2.24. The van der Waals surface area contributed by atoms with Gasteiger partial charge in [0, 0.05) is 24.7 Å². The third kappa shape index (κ3) is 3.87. The van der Waals surface area contributed by atoms with E-state index in [1.165, 1.54) is 19.3 Å². The molecule has 0 atom stereocenters. The Morgan fingerprint density at radius 3 is 3.00 bits per heavy atom. The van der Waals surface area contributed by atoms with E-state index < -0.39 is 5.97 Å². The molecular weight excluding hydrogens is 246 g/mol. The highest BCUT2D eigenvalue weighted by Gasteiger charge is 2.26. The second-order valence-corrected chi connectivity index (χ2v) is 4.21. The Labute approximate surface area is 110 Å². The molecule has 6 heteroatoms. The number of methoxy groups -OCH3 is 1. The molecule has 100 valence electrons. The van der Waals surface area contributed by atoms with Gasteiger partial charge in [-0.1, -0.05) is 6.08 Å². The van der Waals surface area contributed by atoms with Crippen LogP contribution in [0.3, 0.4) is 0 Å². The second-order valence-electron chi connectivity index (χ2n) is 4.21. The molecule has 1 aromatic rings. The topological polar surface area (TPSA) is 81.2 Å². The standard InChI is InChI=1S/C13H15N3O3/c1-19-11(17)3-2-7-15-13(18)10-6-8-14-12(16-10)9-4-5-9/h2-3,6,8-9H,4-5,7H2,1H3,(H,15,18)/b3-2+. The minimum absolute atomic E-state index is 0.247. The van der Waals surface area contributed by atoms with Gasteiger partial charge in [-0.05, 0) is 18.9 Å². The highest BCUT2D eigenvalue weighted by Crippen LogP contribution is 2.37. The van der Waals surface area contributed by atoms with Crippen LogP contribution in [-0.4, -0.2) is 35.5 Å². The molecule has 1 N–H and O–H groups in total. The molecule has 2 rings (SSSR count). The van der Waals surface area contributed by atoms with Crippen molar-refractivity contribution in [1.82, 2.24) is 15.3 Å². The Kier molecular flexibility index (Phi) is 4.22. The van der Waals surface area contributed by atoms with Crippen LogP contribution in [0, 0.1) is 0 Å². The van der Waals surface area contributed by atoms with E-state index in [0.29, 0.717) is 11.6 Å². The Morgan fingerprint density at radius 1 is 1.53 bits per heavy atom. The van der Waals surface area contributed by atoms with Crippen molar-refractivity contribution >= 4 is 11.9 Å². The van der Waals surface area contributed by atoms with Gasteiger partial charge in [0.1, 0.15) is 11.5 Å². The van der Waals surface area contributed by atoms with Crippen LogP contribution in [0.5, 0.6) is 0 Å². The fraction of sp³-hybridized carbons (Fsp3) is 0.385. The minimum atomic E-state index is -0.452. The molecule has 0 aliphatic heterocycles. The number of ether oxygens (including phenoxy) is 1. The van der Waals surface area contributed by atoms with E-state index in [2.05, 4.69) is 20.0 Å². The van der Waals surface area contributed by atoms with Gasteiger partial charge in [-0.15, -0.1) is 0 Å². The van der Waals surface area contributed by atoms with E-state index in [0.717, 1.165) is 18.7 Å². The van der Waals surface area contributed by atoms with Crippen LogP contribution in [-0.2, 0) is 9.53 Å². The molecular formula is C13H15N3O3. The SMILES string of the molecule is COC(=O)/C=C/CNC(=O)c1ccnc(C2CC2)n1. The predicted octanol–water partition coefficient (Wildman–Crippen LogP) is 0.813. The first-order chi connectivity index (χ1) is 9.20. The van der Waals surface area contributed by atoms with Crippen LogP contribution in [0.25, 0.3) is 0 Å². The molecule has 1 heterocycles. The second kappa shape index (κ2) is 6.08. The molecule has 1 aromatic heterocycles. The number of carbonyl (C=O) groups excluding carboxylic acids is 2. The van der Waals surface area contributed by atoms with Crippen LogP contribution in [0.2, 0.25) is 0 Å². The summed E-state index contributed by atoms with van der Waals surface area (Å²) < 4.78 is 4.43. The Bertz CT molecular complexity index is 510. The van der Waals surface area contributed by atoms with Gasteiger partial charge in [0.05, 0.1) is 7.11 Å². The van der Waals surface area contributed by atoms with Crippen LogP contribution >= 0.6 is 0 Å². The lowest BCUT2D eigenvalue weighted by molar-refractivity contribution is -0.134. The molecule has 1 amide bonds. The first kappa shape index (κ1) is 13.2. The lowest BCUT2D eigenvalue weighted by Crippen LogP contribution is -2.25. The van der Waals surface area contributed by atoms with E-state index in [9.17, 15) is 9.59 Å². The van der Waals surface area contributed by atoms with Crippen molar-refractivity contribution in [3.63, 3.8) is 0 Å². The highest BCUT2D eigenvalue weighted by molar-refractivity contribution is 5.92. The van der Waals surface area contributed by atoms with Crippen molar-refractivity contribution in [3.05, 3.63) is 35.9 Å². The fourth-order valence-electron chi connectivity index (χ4n) is 1.50. The van der Waals surface area contributed by atoms with E-state index in [-0.39, 0.29) is 12.5 Å². The molecule has 1 aliphatic carbocycles. The molecule has 1 fully saturated rings. The minimum Gasteiger partial charge on any atom is -0.466 e. The van der Waals surface area contributed by atoms with E-state index >= 15 is 0 Å². The van der Waals surface area contributed by atoms with Crippen LogP contribution in [0.4, 0.5) is 0 Å². The first-order valence-electron chi connectivity index (χ1n) is 6.06. The summed E-state index contributed by atoms with van der Waals surface area (Å²) in [5.41, 5.74) is 0.350. The predicted molar refractivity (Wildman–Crippen MR) is 67.5 cm³/mol. The van der Waals surface area contributed by atoms with Gasteiger partial charge in [-0.25, -0.2) is 14.8 Å². The van der Waals surface area contributed by atoms with Gasteiger partial charge in [0.25, 0.3) is 5.91 Å². The Morgan fingerprint density at radius 2 is 2.32 bits per heavy atom. The molecule has 0 aromatic carbocycles. The summed E-state index contributed by atoms with van der Waals surface area (Å²) in [4.78, 5) is 31.0. The summed E-state index contributed by atoms with van der Waals surface area (Å²) in [5, 5.41) is 2.64. The number of carbonyl (C=O) groups is 2. The normalized spacial score (nSPS) is 14.4. The molecule has 0 radical (unpaired) electrons. The maximum atomic E-state index is 11.8. The van der Waals surface area contributed by atoms with E-state index in [4.69, 9.17) is 0 Å². The van der Waals surface area contributed by atoms with E-state index in [1.807, 2.05) is 0 Å². The van der Waals surface area contributed by atoms with Crippen LogP contribution < -0.4 is 5.32 Å². The summed E-state index contributed by atoms with van der Waals surface area (Å²) in [7, 11) is 1.30. The summed E-state index contributed by atoms with van der Waals surface area (Å²) in [6.45, 7) is 0.247. The van der Waals surface area contributed by atoms with Gasteiger partial charge in [-0.3, -0.25) is 4.79 Å². The van der Waals surface area contributed by atoms with Crippen molar-refractivity contribution in [3.8, 4) is 0 Å². The molecule has 19 heavy (non-hydrogen) atoms. The third-order valence-electron chi connectivity index (χ3n) is 2.68. The molecule has 1 saturated carbocycles. The summed E-state index contributed by atoms with van der Waals surface area (Å²) in [6.07, 6.45) is 6.56. The van der Waals surface area contributed by atoms with Gasteiger partial charge in [0.15, 0.2) is 0 Å². The zero-order chi connectivity index (χ0) is 13.7. The number of hydrogen-bond donors (Lipinski definition) is 1. The molecule has 6 nitrogen and oxygen atoms in total. The number of nitrogens with zero attached hydrogens (tertiary/aromatic N) is 2. The zero-order valence-electron chi connectivity index (χ0n) is 10.6. The molecule has 0 unspecified atom stereocenters. The first-order valence-corrected chi connectivity index (χ1v) is 6.06. The summed E-state index contributed by atoms with van der Waals surface area (Å²) in [6, 6.07) is 1.57. The number of rotatable bonds is 5. The summed E-state index contributed by atoms with van der Waals surface area (Å²) in [5.74, 6) is 0.413. The number of amides is 1. The van der Waals surface area contributed by atoms with Crippen molar-refractivity contribution in [1.29, 1.82) is 0 Å². The van der Waals surface area contributed by atoms with Gasteiger partial charge >= 0.3 is 5.97 Å². The lowest BCUT2D eigenvalue weighted by atomic mass is 10.3. The van der Waals surface area contributed by atoms with Crippen molar-refractivity contribution in [2.24, 2.45) is 0 Å². The molecule has 0 bridgehead atoms. The van der Waals surface area contributed by atoms with Crippen molar-refractivity contribution in [2.75, 3.05) is 13.7 Å². The van der Waals surface area contributed by atoms with Crippen LogP contribution in [0.15, 0.2) is 24.4 Å². The lowest BCUT2D eigenvalue weighted by Gasteiger charge is -2.03. The molecule has 0 spiro atoms. The molecule has 1 aliphatic rings. The highest BCUT2D eigenvalue weighted by atomic mass is 16.5. The number of aromatic nitrogens is 2. The van der Waals surface area contributed by atoms with Crippen molar-refractivity contribution < 1.29 is 14.3 Å². The number of esters is 1. The quantitative estimate of drug-likeness (QED) is 0.626. The van der Waals surface area contributed by atoms with Gasteiger partial charge in [-0.2, -0.15) is 0 Å². The number of nitrogens with one attached hydrogen (secondary N) is 1. The maximum absolute atomic E-state index is 11.8. The maximum Gasteiger partial charge on any atom is 0.330 e. The summed E-state index contributed by atoms with van der Waals surface area (Å²) >= 11 is 0. The van der Waals surface area contributed by atoms with E-state index in [1.54, 1.807) is 12.3 Å².